The van der Waals surface area contributed by atoms with Gasteiger partial charge in [-0.3, -0.25) is 19.2 Å². The van der Waals surface area contributed by atoms with Crippen LogP contribution >= 0.6 is 0 Å². The molecule has 0 atom stereocenters. The van der Waals surface area contributed by atoms with Crippen LogP contribution in [0.4, 0.5) is 0 Å². The van der Waals surface area contributed by atoms with E-state index < -0.39 is 60.6 Å². The maximum atomic E-state index is 10.8. The van der Waals surface area contributed by atoms with E-state index in [1.165, 1.54) is 0 Å². The van der Waals surface area contributed by atoms with Crippen LogP contribution < -0.4 is 11.5 Å². The van der Waals surface area contributed by atoms with E-state index >= 15 is 0 Å². The normalized spacial score (nSPS) is 11.3. The monoisotopic (exact) mass is 344 g/mol. The Bertz CT molecular complexity index is 367. The molecule has 10 nitrogen and oxygen atoms in total. The molecule has 0 rings (SSSR count). The van der Waals surface area contributed by atoms with E-state index in [0.717, 1.165) is 0 Å². The Morgan fingerprint density at radius 1 is 0.619 bits per heavy atom. The van der Waals surface area contributed by atoms with Crippen LogP contribution in [0, 0.1) is 0 Å². The first-order valence-electron chi connectivity index (χ1n) is 5.37. The molecule has 0 bridgehead atoms. The Hall–Kier alpha value is -1.67. The third kappa shape index (κ3) is 6.55. The maximum Gasteiger partial charge on any atom is 0.305 e. The summed E-state index contributed by atoms with van der Waals surface area (Å²) in [7, 11) is 0. The molecule has 0 radical (unpaired) electrons. The molecule has 0 aliphatic heterocycles. The van der Waals surface area contributed by atoms with Gasteiger partial charge in [0.2, 0.25) is 0 Å². The molecule has 0 saturated heterocycles. The molecule has 21 heavy (non-hydrogen) atoms. The quantitative estimate of drug-likeness (QED) is 0.279. The van der Waals surface area contributed by atoms with E-state index in [1.54, 1.807) is 0 Å². The summed E-state index contributed by atoms with van der Waals surface area (Å²) in [4.78, 5) is 43.2. The Labute approximate surface area is 129 Å². The number of aliphatic carboxylic acids is 4. The van der Waals surface area contributed by atoms with E-state index in [9.17, 15) is 19.2 Å². The van der Waals surface area contributed by atoms with Gasteiger partial charge in [-0.15, -0.1) is 0 Å². The van der Waals surface area contributed by atoms with E-state index in [2.05, 4.69) is 0 Å². The molecule has 0 aliphatic rings. The maximum absolute atomic E-state index is 10.8. The van der Waals surface area contributed by atoms with E-state index in [4.69, 9.17) is 31.9 Å². The van der Waals surface area contributed by atoms with Crippen molar-refractivity contribution in [1.82, 2.24) is 0 Å². The summed E-state index contributed by atoms with van der Waals surface area (Å²) in [6.07, 6.45) is -3.90. The molecular weight excluding hydrogens is 328 g/mol. The van der Waals surface area contributed by atoms with Crippen LogP contribution in [-0.4, -0.2) is 55.4 Å². The molecule has 0 saturated carbocycles. The molecule has 0 amide bonds. The van der Waals surface area contributed by atoms with Crippen LogP contribution in [0.1, 0.15) is 25.7 Å². The fraction of sp³-hybridized carbons (Fsp3) is 0.600. The second-order valence-electron chi connectivity index (χ2n) is 4.59. The molecule has 120 valence electrons. The minimum Gasteiger partial charge on any atom is -0.481 e. The van der Waals surface area contributed by atoms with Crippen molar-refractivity contribution < 1.29 is 57.0 Å². The first-order chi connectivity index (χ1) is 8.92. The largest absolute Gasteiger partial charge is 0.481 e. The zero-order valence-corrected chi connectivity index (χ0v) is 12.1. The fourth-order valence-electron chi connectivity index (χ4n) is 1.91. The van der Waals surface area contributed by atoms with E-state index in [1.807, 2.05) is 0 Å². The Balaban J connectivity index is 0. The average molecular weight is 344 g/mol. The minimum absolute atomic E-state index is 0. The average Bonchev–Trinajstić information content (AvgIpc) is 2.10. The minimum atomic E-state index is -2.22. The molecule has 0 aliphatic carbocycles. The number of hydrogen-bond acceptors (Lipinski definition) is 6. The van der Waals surface area contributed by atoms with Crippen LogP contribution in [0.15, 0.2) is 0 Å². The van der Waals surface area contributed by atoms with Gasteiger partial charge in [-0.05, 0) is 0 Å². The summed E-state index contributed by atoms with van der Waals surface area (Å²) in [6, 6.07) is 0. The van der Waals surface area contributed by atoms with Gasteiger partial charge < -0.3 is 31.9 Å². The molecule has 11 heteroatoms. The summed E-state index contributed by atoms with van der Waals surface area (Å²) in [5.41, 5.74) is 6.88. The van der Waals surface area contributed by atoms with Crippen molar-refractivity contribution in [3.63, 3.8) is 0 Å². The van der Waals surface area contributed by atoms with Crippen molar-refractivity contribution in [2.45, 2.75) is 36.8 Å². The molecule has 0 aromatic heterocycles. The van der Waals surface area contributed by atoms with Crippen molar-refractivity contribution in [2.75, 3.05) is 0 Å². The molecular formula is C10H16CrN2O8. The van der Waals surface area contributed by atoms with Gasteiger partial charge in [0.05, 0.1) is 36.8 Å². The number of carboxylic acid groups (broad SMARTS) is 4. The SMILES string of the molecule is NC(CC(=O)O)(CC(=O)O)C(N)(CC(=O)O)CC(=O)O.[Cr]. The second kappa shape index (κ2) is 7.94. The van der Waals surface area contributed by atoms with Crippen molar-refractivity contribution in [1.29, 1.82) is 0 Å². The van der Waals surface area contributed by atoms with E-state index in [0.29, 0.717) is 0 Å². The predicted octanol–water partition coefficient (Wildman–Crippen LogP) is -1.72. The Kier molecular flexibility index (Phi) is 8.18. The third-order valence-corrected chi connectivity index (χ3v) is 2.86. The number of carboxylic acids is 4. The first-order valence-corrected chi connectivity index (χ1v) is 5.37. The van der Waals surface area contributed by atoms with Crippen molar-refractivity contribution in [2.24, 2.45) is 11.5 Å². The topological polar surface area (TPSA) is 201 Å². The van der Waals surface area contributed by atoms with E-state index in [-0.39, 0.29) is 17.4 Å². The van der Waals surface area contributed by atoms with Gasteiger partial charge in [-0.2, -0.15) is 0 Å². The third-order valence-electron chi connectivity index (χ3n) is 2.86. The second-order valence-corrected chi connectivity index (χ2v) is 4.59. The van der Waals surface area contributed by atoms with Gasteiger partial charge in [0, 0.05) is 17.4 Å². The van der Waals surface area contributed by atoms with Gasteiger partial charge in [0.25, 0.3) is 0 Å². The predicted molar refractivity (Wildman–Crippen MR) is 62.8 cm³/mol. The zero-order valence-electron chi connectivity index (χ0n) is 10.8. The van der Waals surface area contributed by atoms with Crippen molar-refractivity contribution >= 4 is 23.9 Å². The molecule has 0 unspecified atom stereocenters. The summed E-state index contributed by atoms with van der Waals surface area (Å²) in [6.45, 7) is 0. The zero-order chi connectivity index (χ0) is 16.1. The van der Waals surface area contributed by atoms with Crippen LogP contribution in [-0.2, 0) is 36.5 Å². The fourth-order valence-corrected chi connectivity index (χ4v) is 1.91. The van der Waals surface area contributed by atoms with Crippen LogP contribution in [0.2, 0.25) is 0 Å². The van der Waals surface area contributed by atoms with Crippen molar-refractivity contribution in [3.8, 4) is 0 Å². The molecule has 0 heterocycles. The van der Waals surface area contributed by atoms with Gasteiger partial charge in [-0.25, -0.2) is 0 Å². The van der Waals surface area contributed by atoms with Crippen LogP contribution in [0.5, 0.6) is 0 Å². The Morgan fingerprint density at radius 2 is 0.762 bits per heavy atom. The molecule has 0 fully saturated rings. The summed E-state index contributed by atoms with van der Waals surface area (Å²) >= 11 is 0. The molecule has 0 aromatic carbocycles. The molecule has 0 aromatic rings. The Morgan fingerprint density at radius 3 is 0.857 bits per heavy atom. The summed E-state index contributed by atoms with van der Waals surface area (Å²) in [5.74, 6) is -6.06. The van der Waals surface area contributed by atoms with Crippen molar-refractivity contribution in [3.05, 3.63) is 0 Å². The van der Waals surface area contributed by atoms with Gasteiger partial charge in [0.1, 0.15) is 0 Å². The standard InChI is InChI=1S/C10H16N2O8.Cr/c11-9(1-5(13)14,2-6(15)16)10(12,3-7(17)18)4-8(19)20;/h1-4,11-12H2,(H,13,14)(H,15,16)(H,17,18)(H,19,20);. The van der Waals surface area contributed by atoms with Crippen LogP contribution in [0.3, 0.4) is 0 Å². The number of rotatable bonds is 9. The number of carbonyl (C=O) groups is 4. The van der Waals surface area contributed by atoms with Crippen LogP contribution in [0.25, 0.3) is 0 Å². The molecule has 8 N–H and O–H groups in total. The smallest absolute Gasteiger partial charge is 0.305 e. The van der Waals surface area contributed by atoms with Gasteiger partial charge >= 0.3 is 23.9 Å². The van der Waals surface area contributed by atoms with Gasteiger partial charge in [-0.1, -0.05) is 0 Å². The summed E-state index contributed by atoms with van der Waals surface area (Å²) in [5, 5.41) is 35.1. The molecule has 0 spiro atoms. The number of hydrogen-bond donors (Lipinski definition) is 6. The number of nitrogens with two attached hydrogens (primary N) is 2. The van der Waals surface area contributed by atoms with Gasteiger partial charge in [0.15, 0.2) is 0 Å². The first kappa shape index (κ1) is 21.6. The summed E-state index contributed by atoms with van der Waals surface area (Å²) < 4.78 is 0.